The number of unbranched alkanes of at least 4 members (excludes halogenated alkanes) is 1. The van der Waals surface area contributed by atoms with Crippen LogP contribution in [0, 0.1) is 0 Å². The van der Waals surface area contributed by atoms with Gasteiger partial charge in [0.05, 0.1) is 0 Å². The lowest BCUT2D eigenvalue weighted by Crippen LogP contribution is -2.29. The average Bonchev–Trinajstić information content (AvgIpc) is 2.37. The number of rotatable bonds is 7. The highest BCUT2D eigenvalue weighted by Gasteiger charge is 2.02. The molecule has 1 aromatic rings. The zero-order chi connectivity index (χ0) is 14.1. The first-order valence-electron chi connectivity index (χ1n) is 6.18. The first-order chi connectivity index (χ1) is 9.11. The van der Waals surface area contributed by atoms with Crippen molar-refractivity contribution in [2.24, 2.45) is 5.73 Å². The van der Waals surface area contributed by atoms with E-state index in [1.165, 1.54) is 0 Å². The van der Waals surface area contributed by atoms with E-state index in [0.717, 1.165) is 12.8 Å². The highest BCUT2D eigenvalue weighted by molar-refractivity contribution is 7.80. The molecule has 0 radical (unpaired) electrons. The molecule has 1 aromatic carbocycles. The molecule has 5 nitrogen and oxygen atoms in total. The first kappa shape index (κ1) is 15.2. The number of carbonyl (C=O) groups excluding carboxylic acids is 1. The number of nitrogens with one attached hydrogen (secondary N) is 2. The van der Waals surface area contributed by atoms with Crippen LogP contribution in [0.1, 0.15) is 19.8 Å². The van der Waals surface area contributed by atoms with Gasteiger partial charge in [-0.25, -0.2) is 4.79 Å². The fourth-order valence-corrected chi connectivity index (χ4v) is 1.43. The highest BCUT2D eigenvalue weighted by Crippen LogP contribution is 2.17. The molecule has 0 heterocycles. The molecule has 0 aliphatic heterocycles. The number of ether oxygens (including phenoxy) is 1. The van der Waals surface area contributed by atoms with Crippen molar-refractivity contribution >= 4 is 28.9 Å². The van der Waals surface area contributed by atoms with Crippen LogP contribution >= 0.6 is 12.2 Å². The van der Waals surface area contributed by atoms with E-state index in [1.54, 1.807) is 24.3 Å². The van der Waals surface area contributed by atoms with E-state index in [1.807, 2.05) is 0 Å². The summed E-state index contributed by atoms with van der Waals surface area (Å²) < 4.78 is 5.35. The highest BCUT2D eigenvalue weighted by atomic mass is 32.1. The number of thiocarbonyl (C=S) groups is 1. The molecule has 0 unspecified atom stereocenters. The molecule has 0 saturated heterocycles. The SMILES string of the molecule is CCCCNC(=O)Nc1cccc(OCC(N)=S)c1. The van der Waals surface area contributed by atoms with Crippen LogP contribution in [-0.2, 0) is 0 Å². The molecule has 0 saturated carbocycles. The molecule has 0 fully saturated rings. The zero-order valence-electron chi connectivity index (χ0n) is 10.9. The van der Waals surface area contributed by atoms with Crippen molar-refractivity contribution in [1.29, 1.82) is 0 Å². The smallest absolute Gasteiger partial charge is 0.319 e. The second-order valence-electron chi connectivity index (χ2n) is 4.02. The predicted molar refractivity (Wildman–Crippen MR) is 80.7 cm³/mol. The van der Waals surface area contributed by atoms with Gasteiger partial charge in [0.1, 0.15) is 17.3 Å². The van der Waals surface area contributed by atoms with Crippen LogP contribution in [0.4, 0.5) is 10.5 Å². The second-order valence-corrected chi connectivity index (χ2v) is 4.54. The maximum atomic E-state index is 11.6. The van der Waals surface area contributed by atoms with Crippen molar-refractivity contribution in [1.82, 2.24) is 5.32 Å². The summed E-state index contributed by atoms with van der Waals surface area (Å²) in [6.45, 7) is 2.92. The number of benzene rings is 1. The van der Waals surface area contributed by atoms with Gasteiger partial charge in [-0.1, -0.05) is 31.6 Å². The lowest BCUT2D eigenvalue weighted by atomic mass is 10.3. The van der Waals surface area contributed by atoms with Crippen molar-refractivity contribution in [3.63, 3.8) is 0 Å². The Balaban J connectivity index is 2.47. The summed E-state index contributed by atoms with van der Waals surface area (Å²) in [5.41, 5.74) is 6.02. The fourth-order valence-electron chi connectivity index (χ4n) is 1.37. The molecule has 0 aliphatic carbocycles. The number of amides is 2. The first-order valence-corrected chi connectivity index (χ1v) is 6.58. The minimum absolute atomic E-state index is 0.182. The molecule has 0 spiro atoms. The third-order valence-electron chi connectivity index (χ3n) is 2.29. The Bertz CT molecular complexity index is 438. The Hall–Kier alpha value is -1.82. The fraction of sp³-hybridized carbons (Fsp3) is 0.385. The molecule has 0 aliphatic rings. The van der Waals surface area contributed by atoms with Crippen LogP contribution in [0.25, 0.3) is 0 Å². The maximum Gasteiger partial charge on any atom is 0.319 e. The Morgan fingerprint density at radius 3 is 2.95 bits per heavy atom. The van der Waals surface area contributed by atoms with Gasteiger partial charge in [-0.2, -0.15) is 0 Å². The van der Waals surface area contributed by atoms with Crippen LogP contribution in [0.5, 0.6) is 5.75 Å². The summed E-state index contributed by atoms with van der Waals surface area (Å²) >= 11 is 4.73. The quantitative estimate of drug-likeness (QED) is 0.529. The average molecular weight is 281 g/mol. The van der Waals surface area contributed by atoms with Gasteiger partial charge in [0.15, 0.2) is 0 Å². The molecule has 0 atom stereocenters. The summed E-state index contributed by atoms with van der Waals surface area (Å²) in [7, 11) is 0. The summed E-state index contributed by atoms with van der Waals surface area (Å²) in [6, 6.07) is 6.85. The van der Waals surface area contributed by atoms with Crippen LogP contribution in [0.3, 0.4) is 0 Å². The van der Waals surface area contributed by atoms with Gasteiger partial charge in [-0.15, -0.1) is 0 Å². The number of hydrogen-bond donors (Lipinski definition) is 3. The molecule has 4 N–H and O–H groups in total. The number of hydrogen-bond acceptors (Lipinski definition) is 3. The molecule has 0 aromatic heterocycles. The van der Waals surface area contributed by atoms with E-state index in [2.05, 4.69) is 17.6 Å². The van der Waals surface area contributed by atoms with E-state index in [-0.39, 0.29) is 17.6 Å². The molecule has 1 rings (SSSR count). The summed E-state index contributed by atoms with van der Waals surface area (Å²) in [6.07, 6.45) is 2.01. The zero-order valence-corrected chi connectivity index (χ0v) is 11.8. The van der Waals surface area contributed by atoms with Gasteiger partial charge in [-0.05, 0) is 18.6 Å². The summed E-state index contributed by atoms with van der Waals surface area (Å²) in [5, 5.41) is 5.50. The third kappa shape index (κ3) is 6.61. The molecule has 0 bridgehead atoms. The van der Waals surface area contributed by atoms with Crippen LogP contribution in [-0.4, -0.2) is 24.2 Å². The van der Waals surface area contributed by atoms with Crippen molar-refractivity contribution in [2.75, 3.05) is 18.5 Å². The van der Waals surface area contributed by atoms with Crippen molar-refractivity contribution in [3.05, 3.63) is 24.3 Å². The molecular formula is C13H19N3O2S. The monoisotopic (exact) mass is 281 g/mol. The number of nitrogens with two attached hydrogens (primary N) is 1. The Kier molecular flexibility index (Phi) is 6.67. The number of anilines is 1. The standard InChI is InChI=1S/C13H19N3O2S/c1-2-3-7-15-13(17)16-10-5-4-6-11(8-10)18-9-12(14)19/h4-6,8H,2-3,7,9H2,1H3,(H2,14,19)(H2,15,16,17). The topological polar surface area (TPSA) is 76.4 Å². The molecule has 6 heteroatoms. The van der Waals surface area contributed by atoms with E-state index in [4.69, 9.17) is 22.7 Å². The maximum absolute atomic E-state index is 11.6. The van der Waals surface area contributed by atoms with Gasteiger partial charge < -0.3 is 21.1 Å². The minimum Gasteiger partial charge on any atom is -0.486 e. The largest absolute Gasteiger partial charge is 0.486 e. The molecule has 104 valence electrons. The lowest BCUT2D eigenvalue weighted by molar-refractivity contribution is 0.252. The van der Waals surface area contributed by atoms with Crippen molar-refractivity contribution in [2.45, 2.75) is 19.8 Å². The summed E-state index contributed by atoms with van der Waals surface area (Å²) in [4.78, 5) is 11.8. The lowest BCUT2D eigenvalue weighted by Gasteiger charge is -2.09. The van der Waals surface area contributed by atoms with Gasteiger partial charge in [0.25, 0.3) is 0 Å². The normalized spacial score (nSPS) is 9.74. The van der Waals surface area contributed by atoms with Crippen LogP contribution in [0.15, 0.2) is 24.3 Å². The van der Waals surface area contributed by atoms with E-state index >= 15 is 0 Å². The van der Waals surface area contributed by atoms with Gasteiger partial charge in [0, 0.05) is 18.3 Å². The van der Waals surface area contributed by atoms with Crippen LogP contribution < -0.4 is 21.1 Å². The third-order valence-corrected chi connectivity index (χ3v) is 2.41. The molecule has 19 heavy (non-hydrogen) atoms. The minimum atomic E-state index is -0.222. The van der Waals surface area contributed by atoms with E-state index < -0.39 is 0 Å². The Labute approximate surface area is 118 Å². The van der Waals surface area contributed by atoms with Crippen molar-refractivity contribution in [3.8, 4) is 5.75 Å². The summed E-state index contributed by atoms with van der Waals surface area (Å²) in [5.74, 6) is 0.610. The molecular weight excluding hydrogens is 262 g/mol. The Morgan fingerprint density at radius 2 is 2.26 bits per heavy atom. The number of carbonyl (C=O) groups is 1. The van der Waals surface area contributed by atoms with Gasteiger partial charge >= 0.3 is 6.03 Å². The van der Waals surface area contributed by atoms with Gasteiger partial charge in [-0.3, -0.25) is 0 Å². The molecule has 2 amide bonds. The second kappa shape index (κ2) is 8.31. The van der Waals surface area contributed by atoms with Gasteiger partial charge in [0.2, 0.25) is 0 Å². The Morgan fingerprint density at radius 1 is 1.47 bits per heavy atom. The van der Waals surface area contributed by atoms with Crippen molar-refractivity contribution < 1.29 is 9.53 Å². The predicted octanol–water partition coefficient (Wildman–Crippen LogP) is 2.27. The van der Waals surface area contributed by atoms with E-state index in [0.29, 0.717) is 18.0 Å². The number of urea groups is 1. The van der Waals surface area contributed by atoms with Crippen LogP contribution in [0.2, 0.25) is 0 Å². The van der Waals surface area contributed by atoms with E-state index in [9.17, 15) is 4.79 Å².